The van der Waals surface area contributed by atoms with Crippen LogP contribution in [0.5, 0.6) is 5.75 Å². The number of nitrogens with zero attached hydrogens (tertiary/aromatic N) is 3. The Balaban J connectivity index is 1.54. The minimum Gasteiger partial charge on any atom is -0.494 e. The first-order valence-corrected chi connectivity index (χ1v) is 8.88. The van der Waals surface area contributed by atoms with Crippen LogP contribution in [-0.4, -0.2) is 73.5 Å². The van der Waals surface area contributed by atoms with E-state index in [0.717, 1.165) is 17.8 Å². The highest BCUT2D eigenvalue weighted by atomic mass is 16.5. The van der Waals surface area contributed by atoms with Crippen LogP contribution >= 0.6 is 0 Å². The molecule has 4 amide bonds. The molecule has 2 aliphatic heterocycles. The summed E-state index contributed by atoms with van der Waals surface area (Å²) in [4.78, 5) is 40.5. The zero-order chi connectivity index (χ0) is 18.5. The van der Waals surface area contributed by atoms with Gasteiger partial charge in [0.1, 0.15) is 5.75 Å². The molecule has 0 spiro atoms. The maximum absolute atomic E-state index is 12.4. The third-order valence-electron chi connectivity index (χ3n) is 4.66. The van der Waals surface area contributed by atoms with Crippen LogP contribution in [0.25, 0.3) is 0 Å². The van der Waals surface area contributed by atoms with Crippen molar-refractivity contribution in [1.82, 2.24) is 15.1 Å². The SMILES string of the molecule is CCOc1ccc(N2C[C@@H](NC(=O)N3CCN(C=O)CC3)CC2=O)cc1. The van der Waals surface area contributed by atoms with Crippen LogP contribution in [-0.2, 0) is 9.59 Å². The summed E-state index contributed by atoms with van der Waals surface area (Å²) in [6, 6.07) is 6.99. The number of hydrogen-bond acceptors (Lipinski definition) is 4. The van der Waals surface area contributed by atoms with E-state index in [0.29, 0.717) is 39.3 Å². The Hall–Kier alpha value is -2.77. The quantitative estimate of drug-likeness (QED) is 0.783. The van der Waals surface area contributed by atoms with Gasteiger partial charge < -0.3 is 24.8 Å². The van der Waals surface area contributed by atoms with Crippen molar-refractivity contribution in [3.63, 3.8) is 0 Å². The van der Waals surface area contributed by atoms with E-state index in [1.165, 1.54) is 0 Å². The predicted octanol–water partition coefficient (Wildman–Crippen LogP) is 0.674. The van der Waals surface area contributed by atoms with Gasteiger partial charge in [-0.15, -0.1) is 0 Å². The summed E-state index contributed by atoms with van der Waals surface area (Å²) in [7, 11) is 0. The number of nitrogens with one attached hydrogen (secondary N) is 1. The van der Waals surface area contributed by atoms with Gasteiger partial charge in [-0.25, -0.2) is 4.79 Å². The van der Waals surface area contributed by atoms with Crippen molar-refractivity contribution in [2.75, 3.05) is 44.2 Å². The standard InChI is InChI=1S/C18H24N4O4/c1-2-26-16-5-3-15(4-6-16)22-12-14(11-17(22)24)19-18(25)21-9-7-20(13-23)8-10-21/h3-6,13-14H,2,7-12H2,1H3,(H,19,25)/t14-/m0/s1. The number of amides is 4. The van der Waals surface area contributed by atoms with Gasteiger partial charge in [0.25, 0.3) is 0 Å². The molecule has 2 fully saturated rings. The van der Waals surface area contributed by atoms with Crippen molar-refractivity contribution in [2.45, 2.75) is 19.4 Å². The molecule has 0 saturated carbocycles. The van der Waals surface area contributed by atoms with Crippen LogP contribution in [0, 0.1) is 0 Å². The van der Waals surface area contributed by atoms with E-state index in [2.05, 4.69) is 5.32 Å². The van der Waals surface area contributed by atoms with Gasteiger partial charge in [0.15, 0.2) is 0 Å². The Morgan fingerprint density at radius 1 is 1.23 bits per heavy atom. The zero-order valence-electron chi connectivity index (χ0n) is 14.9. The maximum Gasteiger partial charge on any atom is 0.317 e. The van der Waals surface area contributed by atoms with Gasteiger partial charge in [-0.3, -0.25) is 9.59 Å². The molecule has 0 radical (unpaired) electrons. The zero-order valence-corrected chi connectivity index (χ0v) is 14.9. The molecule has 1 N–H and O–H groups in total. The van der Waals surface area contributed by atoms with Gasteiger partial charge >= 0.3 is 6.03 Å². The van der Waals surface area contributed by atoms with Gasteiger partial charge in [-0.05, 0) is 31.2 Å². The Labute approximate surface area is 152 Å². The lowest BCUT2D eigenvalue weighted by atomic mass is 10.2. The number of benzene rings is 1. The third kappa shape index (κ3) is 4.07. The molecule has 26 heavy (non-hydrogen) atoms. The van der Waals surface area contributed by atoms with Crippen molar-refractivity contribution in [3.05, 3.63) is 24.3 Å². The van der Waals surface area contributed by atoms with Crippen molar-refractivity contribution in [3.8, 4) is 5.75 Å². The Morgan fingerprint density at radius 3 is 2.54 bits per heavy atom. The average molecular weight is 360 g/mol. The number of anilines is 1. The second-order valence-electron chi connectivity index (χ2n) is 6.41. The van der Waals surface area contributed by atoms with Crippen LogP contribution < -0.4 is 15.0 Å². The van der Waals surface area contributed by atoms with E-state index >= 15 is 0 Å². The molecule has 0 unspecified atom stereocenters. The maximum atomic E-state index is 12.4. The van der Waals surface area contributed by atoms with Gasteiger partial charge in [0.2, 0.25) is 12.3 Å². The highest BCUT2D eigenvalue weighted by Crippen LogP contribution is 2.24. The number of ether oxygens (including phenoxy) is 1. The fourth-order valence-electron chi connectivity index (χ4n) is 3.24. The van der Waals surface area contributed by atoms with E-state index in [1.807, 2.05) is 31.2 Å². The van der Waals surface area contributed by atoms with Crippen molar-refractivity contribution in [2.24, 2.45) is 0 Å². The Kier molecular flexibility index (Phi) is 5.60. The number of carbonyl (C=O) groups is 3. The molecule has 1 atom stereocenters. The monoisotopic (exact) mass is 360 g/mol. The molecule has 2 saturated heterocycles. The smallest absolute Gasteiger partial charge is 0.317 e. The fourth-order valence-corrected chi connectivity index (χ4v) is 3.24. The summed E-state index contributed by atoms with van der Waals surface area (Å²) >= 11 is 0. The minimum absolute atomic E-state index is 0.00904. The summed E-state index contributed by atoms with van der Waals surface area (Å²) in [5.41, 5.74) is 0.801. The highest BCUT2D eigenvalue weighted by molar-refractivity contribution is 5.96. The van der Waals surface area contributed by atoms with Gasteiger partial charge in [-0.2, -0.15) is 0 Å². The second-order valence-corrected chi connectivity index (χ2v) is 6.41. The largest absolute Gasteiger partial charge is 0.494 e. The van der Waals surface area contributed by atoms with Crippen molar-refractivity contribution < 1.29 is 19.1 Å². The number of carbonyl (C=O) groups excluding carboxylic acids is 3. The second kappa shape index (κ2) is 8.07. The lowest BCUT2D eigenvalue weighted by Gasteiger charge is -2.33. The van der Waals surface area contributed by atoms with Crippen LogP contribution in [0.2, 0.25) is 0 Å². The van der Waals surface area contributed by atoms with E-state index in [-0.39, 0.29) is 24.4 Å². The van der Waals surface area contributed by atoms with E-state index in [1.54, 1.807) is 14.7 Å². The molecule has 1 aromatic rings. The molecule has 0 aliphatic carbocycles. The lowest BCUT2D eigenvalue weighted by molar-refractivity contribution is -0.119. The molecule has 140 valence electrons. The normalized spacial score (nSPS) is 20.3. The van der Waals surface area contributed by atoms with Crippen molar-refractivity contribution >= 4 is 24.0 Å². The van der Waals surface area contributed by atoms with E-state index < -0.39 is 0 Å². The fraction of sp³-hybridized carbons (Fsp3) is 0.500. The molecule has 8 heteroatoms. The average Bonchev–Trinajstić information content (AvgIpc) is 3.03. The summed E-state index contributed by atoms with van der Waals surface area (Å²) in [6.45, 7) is 5.06. The van der Waals surface area contributed by atoms with Crippen LogP contribution in [0.15, 0.2) is 24.3 Å². The molecule has 2 heterocycles. The number of hydrogen-bond donors (Lipinski definition) is 1. The minimum atomic E-state index is -0.217. The summed E-state index contributed by atoms with van der Waals surface area (Å²) in [5.74, 6) is 0.757. The summed E-state index contributed by atoms with van der Waals surface area (Å²) in [6.07, 6.45) is 1.09. The molecular formula is C18H24N4O4. The Bertz CT molecular complexity index is 656. The Morgan fingerprint density at radius 2 is 1.92 bits per heavy atom. The molecule has 3 rings (SSSR count). The molecule has 0 aromatic heterocycles. The van der Waals surface area contributed by atoms with Crippen molar-refractivity contribution in [1.29, 1.82) is 0 Å². The summed E-state index contributed by atoms with van der Waals surface area (Å²) in [5, 5.41) is 2.94. The third-order valence-corrected chi connectivity index (χ3v) is 4.66. The van der Waals surface area contributed by atoms with E-state index in [9.17, 15) is 14.4 Å². The lowest BCUT2D eigenvalue weighted by Crippen LogP contribution is -2.53. The summed E-state index contributed by atoms with van der Waals surface area (Å²) < 4.78 is 5.42. The first-order valence-electron chi connectivity index (χ1n) is 8.88. The number of piperazine rings is 1. The van der Waals surface area contributed by atoms with Crippen LogP contribution in [0.4, 0.5) is 10.5 Å². The first-order chi connectivity index (χ1) is 12.6. The van der Waals surface area contributed by atoms with Gasteiger partial charge in [-0.1, -0.05) is 0 Å². The number of urea groups is 1. The van der Waals surface area contributed by atoms with Crippen LogP contribution in [0.3, 0.4) is 0 Å². The topological polar surface area (TPSA) is 82.2 Å². The molecule has 1 aromatic carbocycles. The van der Waals surface area contributed by atoms with Gasteiger partial charge in [0, 0.05) is 44.8 Å². The molecule has 0 bridgehead atoms. The first kappa shape index (κ1) is 18.0. The molecular weight excluding hydrogens is 336 g/mol. The predicted molar refractivity (Wildman–Crippen MR) is 96.1 cm³/mol. The highest BCUT2D eigenvalue weighted by Gasteiger charge is 2.33. The van der Waals surface area contributed by atoms with Crippen LogP contribution in [0.1, 0.15) is 13.3 Å². The molecule has 2 aliphatic rings. The van der Waals surface area contributed by atoms with Gasteiger partial charge in [0.05, 0.1) is 12.6 Å². The molecule has 8 nitrogen and oxygen atoms in total. The van der Waals surface area contributed by atoms with E-state index in [4.69, 9.17) is 4.74 Å². The number of rotatable bonds is 5.